The molecule has 3 amide bonds. The number of carbonyl (C=O) groups is 3. The molecule has 174 valence electrons. The third kappa shape index (κ3) is 6.26. The SMILES string of the molecule is CC[C@H](C)Oc1c(I)cc(/C=C2/SC(=O)N(CC(=O)Nc3cccc(F)c3)C2=O)cc1OC. The summed E-state index contributed by atoms with van der Waals surface area (Å²) in [7, 11) is 1.53. The molecule has 1 heterocycles. The average Bonchev–Trinajstić information content (AvgIpc) is 3.02. The van der Waals surface area contributed by atoms with Gasteiger partial charge in [-0.05, 0) is 89.7 Å². The summed E-state index contributed by atoms with van der Waals surface area (Å²) in [4.78, 5) is 38.5. The number of ether oxygens (including phenoxy) is 2. The van der Waals surface area contributed by atoms with Crippen molar-refractivity contribution >= 4 is 63.2 Å². The van der Waals surface area contributed by atoms with E-state index in [2.05, 4.69) is 27.9 Å². The smallest absolute Gasteiger partial charge is 0.294 e. The second-order valence-corrected chi connectivity index (χ2v) is 9.35. The van der Waals surface area contributed by atoms with Crippen LogP contribution in [-0.2, 0) is 9.59 Å². The van der Waals surface area contributed by atoms with E-state index in [-0.39, 0.29) is 16.7 Å². The number of anilines is 1. The van der Waals surface area contributed by atoms with Crippen LogP contribution in [0, 0.1) is 9.39 Å². The zero-order valence-corrected chi connectivity index (χ0v) is 21.2. The van der Waals surface area contributed by atoms with Crippen LogP contribution in [0.3, 0.4) is 0 Å². The predicted octanol–water partition coefficient (Wildman–Crippen LogP) is 5.29. The van der Waals surface area contributed by atoms with Crippen molar-refractivity contribution < 1.29 is 28.2 Å². The van der Waals surface area contributed by atoms with Crippen LogP contribution in [0.4, 0.5) is 14.9 Å². The van der Waals surface area contributed by atoms with E-state index in [0.29, 0.717) is 17.1 Å². The Morgan fingerprint density at radius 3 is 2.73 bits per heavy atom. The molecule has 1 atom stereocenters. The first kappa shape index (κ1) is 25.0. The van der Waals surface area contributed by atoms with Crippen LogP contribution in [0.15, 0.2) is 41.3 Å². The topological polar surface area (TPSA) is 84.9 Å². The number of thioether (sulfide) groups is 1. The normalized spacial score (nSPS) is 15.7. The first-order valence-electron chi connectivity index (χ1n) is 10.1. The highest BCUT2D eigenvalue weighted by Gasteiger charge is 2.36. The van der Waals surface area contributed by atoms with Gasteiger partial charge in [-0.15, -0.1) is 0 Å². The van der Waals surface area contributed by atoms with Crippen molar-refractivity contribution in [3.63, 3.8) is 0 Å². The van der Waals surface area contributed by atoms with E-state index in [1.165, 1.54) is 25.3 Å². The van der Waals surface area contributed by atoms with Gasteiger partial charge in [-0.2, -0.15) is 0 Å². The van der Waals surface area contributed by atoms with Gasteiger partial charge in [0.1, 0.15) is 12.4 Å². The summed E-state index contributed by atoms with van der Waals surface area (Å²) in [6.45, 7) is 3.51. The predicted molar refractivity (Wildman–Crippen MR) is 134 cm³/mol. The maximum Gasteiger partial charge on any atom is 0.294 e. The van der Waals surface area contributed by atoms with Crippen LogP contribution in [0.25, 0.3) is 6.08 Å². The lowest BCUT2D eigenvalue weighted by Crippen LogP contribution is -2.36. The van der Waals surface area contributed by atoms with Crippen LogP contribution in [0.1, 0.15) is 25.8 Å². The fourth-order valence-electron chi connectivity index (χ4n) is 2.92. The molecule has 0 spiro atoms. The molecular formula is C23H22FIN2O5S. The number of amides is 3. The second-order valence-electron chi connectivity index (χ2n) is 7.20. The molecule has 0 bridgehead atoms. The molecule has 0 aromatic heterocycles. The number of carbonyl (C=O) groups excluding carboxylic acids is 3. The van der Waals surface area contributed by atoms with E-state index in [4.69, 9.17) is 9.47 Å². The van der Waals surface area contributed by atoms with Crippen molar-refractivity contribution in [2.24, 2.45) is 0 Å². The van der Waals surface area contributed by atoms with Crippen LogP contribution in [-0.4, -0.2) is 41.7 Å². The van der Waals surface area contributed by atoms with E-state index >= 15 is 0 Å². The molecule has 2 aromatic carbocycles. The monoisotopic (exact) mass is 584 g/mol. The third-order valence-electron chi connectivity index (χ3n) is 4.73. The van der Waals surface area contributed by atoms with Crippen molar-refractivity contribution in [2.75, 3.05) is 19.0 Å². The molecular weight excluding hydrogens is 562 g/mol. The second kappa shape index (κ2) is 11.0. The maximum atomic E-state index is 13.3. The van der Waals surface area contributed by atoms with Crippen molar-refractivity contribution in [3.8, 4) is 11.5 Å². The largest absolute Gasteiger partial charge is 0.493 e. The Morgan fingerprint density at radius 1 is 1.30 bits per heavy atom. The number of imide groups is 1. The van der Waals surface area contributed by atoms with Gasteiger partial charge < -0.3 is 14.8 Å². The van der Waals surface area contributed by atoms with Gasteiger partial charge in [-0.1, -0.05) is 13.0 Å². The molecule has 3 rings (SSSR count). The van der Waals surface area contributed by atoms with E-state index in [0.717, 1.165) is 32.7 Å². The summed E-state index contributed by atoms with van der Waals surface area (Å²) >= 11 is 2.88. The quantitative estimate of drug-likeness (QED) is 0.336. The Bertz CT molecular complexity index is 1120. The summed E-state index contributed by atoms with van der Waals surface area (Å²) in [6.07, 6.45) is 2.42. The number of rotatable bonds is 8. The van der Waals surface area contributed by atoms with E-state index < -0.39 is 29.4 Å². The first-order valence-corrected chi connectivity index (χ1v) is 12.0. The lowest BCUT2D eigenvalue weighted by molar-refractivity contribution is -0.127. The molecule has 33 heavy (non-hydrogen) atoms. The Labute approximate surface area is 208 Å². The summed E-state index contributed by atoms with van der Waals surface area (Å²) in [5.41, 5.74) is 0.895. The molecule has 1 N–H and O–H groups in total. The number of methoxy groups -OCH3 is 1. The Morgan fingerprint density at radius 2 is 2.06 bits per heavy atom. The van der Waals surface area contributed by atoms with Gasteiger partial charge in [0.15, 0.2) is 11.5 Å². The fourth-order valence-corrected chi connectivity index (χ4v) is 4.51. The Hall–Kier alpha value is -2.60. The Kier molecular flexibility index (Phi) is 8.35. The van der Waals surface area contributed by atoms with Gasteiger partial charge in [0.25, 0.3) is 11.1 Å². The van der Waals surface area contributed by atoms with Crippen LogP contribution < -0.4 is 14.8 Å². The molecule has 7 nitrogen and oxygen atoms in total. The molecule has 10 heteroatoms. The molecule has 1 aliphatic rings. The summed E-state index contributed by atoms with van der Waals surface area (Å²) < 4.78 is 25.5. The molecule has 0 radical (unpaired) electrons. The lowest BCUT2D eigenvalue weighted by atomic mass is 10.1. The molecule has 0 aliphatic carbocycles. The number of halogens is 2. The summed E-state index contributed by atoms with van der Waals surface area (Å²) in [5.74, 6) is -0.554. The highest BCUT2D eigenvalue weighted by atomic mass is 127. The van der Waals surface area contributed by atoms with Gasteiger partial charge in [0.05, 0.1) is 21.7 Å². The van der Waals surface area contributed by atoms with Crippen molar-refractivity contribution in [1.29, 1.82) is 0 Å². The molecule has 1 saturated heterocycles. The minimum Gasteiger partial charge on any atom is -0.493 e. The van der Waals surface area contributed by atoms with Crippen molar-refractivity contribution in [1.82, 2.24) is 4.90 Å². The van der Waals surface area contributed by atoms with Gasteiger partial charge in [0, 0.05) is 5.69 Å². The molecule has 1 aliphatic heterocycles. The number of hydrogen-bond acceptors (Lipinski definition) is 6. The number of benzene rings is 2. The zero-order chi connectivity index (χ0) is 24.1. The van der Waals surface area contributed by atoms with Crippen LogP contribution >= 0.6 is 34.4 Å². The standard InChI is InChI=1S/C23H22FIN2O5S/c1-4-13(2)32-21-17(25)8-14(9-18(21)31-3)10-19-22(29)27(23(30)33-19)12-20(28)26-16-7-5-6-15(24)11-16/h5-11,13H,4,12H2,1-3H3,(H,26,28)/b19-10+/t13-/m0/s1. The van der Waals surface area contributed by atoms with Crippen LogP contribution in [0.5, 0.6) is 11.5 Å². The number of hydrogen-bond donors (Lipinski definition) is 1. The molecule has 0 unspecified atom stereocenters. The molecule has 0 saturated carbocycles. The first-order chi connectivity index (χ1) is 15.7. The average molecular weight is 584 g/mol. The third-order valence-corrected chi connectivity index (χ3v) is 6.44. The number of nitrogens with zero attached hydrogens (tertiary/aromatic N) is 1. The van der Waals surface area contributed by atoms with E-state index in [9.17, 15) is 18.8 Å². The number of nitrogens with one attached hydrogen (secondary N) is 1. The van der Waals surface area contributed by atoms with Gasteiger partial charge in [-0.25, -0.2) is 4.39 Å². The minimum absolute atomic E-state index is 0.00768. The summed E-state index contributed by atoms with van der Waals surface area (Å²) in [5, 5.41) is 1.92. The Balaban J connectivity index is 1.76. The summed E-state index contributed by atoms with van der Waals surface area (Å²) in [6, 6.07) is 8.91. The minimum atomic E-state index is -0.605. The van der Waals surface area contributed by atoms with Crippen molar-refractivity contribution in [2.45, 2.75) is 26.4 Å². The van der Waals surface area contributed by atoms with E-state index in [1.807, 2.05) is 19.9 Å². The van der Waals surface area contributed by atoms with Gasteiger partial charge >= 0.3 is 0 Å². The van der Waals surface area contributed by atoms with E-state index in [1.54, 1.807) is 12.1 Å². The van der Waals surface area contributed by atoms with Gasteiger partial charge in [-0.3, -0.25) is 19.3 Å². The fraction of sp³-hybridized carbons (Fsp3) is 0.261. The van der Waals surface area contributed by atoms with Crippen molar-refractivity contribution in [3.05, 3.63) is 56.3 Å². The maximum absolute atomic E-state index is 13.3. The molecule has 1 fully saturated rings. The molecule has 2 aromatic rings. The van der Waals surface area contributed by atoms with Crippen LogP contribution in [0.2, 0.25) is 0 Å². The highest BCUT2D eigenvalue weighted by molar-refractivity contribution is 14.1. The highest BCUT2D eigenvalue weighted by Crippen LogP contribution is 2.37. The zero-order valence-electron chi connectivity index (χ0n) is 18.2. The van der Waals surface area contributed by atoms with Gasteiger partial charge in [0.2, 0.25) is 5.91 Å². The lowest BCUT2D eigenvalue weighted by Gasteiger charge is -2.17.